The minimum Gasteiger partial charge on any atom is -0.343 e. The number of piperazine rings is 1. The van der Waals surface area contributed by atoms with Crippen LogP contribution in [0.3, 0.4) is 0 Å². The fourth-order valence-electron chi connectivity index (χ4n) is 2.82. The number of carbonyl (C=O) groups is 2. The van der Waals surface area contributed by atoms with Crippen molar-refractivity contribution in [1.82, 2.24) is 5.32 Å². The SMILES string of the molecule is CCCc1ccc(N2C(=O)C(C)NC(=O)C2C(C)C)cc1. The number of benzene rings is 1. The average molecular weight is 288 g/mol. The molecule has 1 aliphatic rings. The van der Waals surface area contributed by atoms with Crippen molar-refractivity contribution in [3.63, 3.8) is 0 Å². The zero-order valence-corrected chi connectivity index (χ0v) is 13.2. The Kier molecular flexibility index (Phi) is 4.66. The summed E-state index contributed by atoms with van der Waals surface area (Å²) in [4.78, 5) is 26.4. The second-order valence-corrected chi connectivity index (χ2v) is 6.04. The minimum absolute atomic E-state index is 0.0449. The molecule has 1 saturated heterocycles. The molecule has 2 rings (SSSR count). The number of anilines is 1. The molecule has 1 aromatic carbocycles. The normalized spacial score (nSPS) is 22.6. The number of nitrogens with zero attached hydrogens (tertiary/aromatic N) is 1. The quantitative estimate of drug-likeness (QED) is 0.925. The Morgan fingerprint density at radius 3 is 2.33 bits per heavy atom. The van der Waals surface area contributed by atoms with E-state index in [1.54, 1.807) is 11.8 Å². The van der Waals surface area contributed by atoms with Crippen molar-refractivity contribution in [1.29, 1.82) is 0 Å². The van der Waals surface area contributed by atoms with Gasteiger partial charge in [0.1, 0.15) is 12.1 Å². The van der Waals surface area contributed by atoms with E-state index in [1.165, 1.54) is 5.56 Å². The molecule has 1 N–H and O–H groups in total. The van der Waals surface area contributed by atoms with Gasteiger partial charge in [0.15, 0.2) is 0 Å². The second kappa shape index (κ2) is 6.29. The molecule has 2 amide bonds. The average Bonchev–Trinajstić information content (AvgIpc) is 2.43. The van der Waals surface area contributed by atoms with Gasteiger partial charge in [-0.3, -0.25) is 14.5 Å². The molecule has 1 fully saturated rings. The Bertz CT molecular complexity index is 522. The summed E-state index contributed by atoms with van der Waals surface area (Å²) in [7, 11) is 0. The third-order valence-electron chi connectivity index (χ3n) is 3.90. The first kappa shape index (κ1) is 15.5. The first-order valence-corrected chi connectivity index (χ1v) is 7.68. The lowest BCUT2D eigenvalue weighted by Crippen LogP contribution is -2.64. The molecule has 0 bridgehead atoms. The van der Waals surface area contributed by atoms with Crippen molar-refractivity contribution < 1.29 is 9.59 Å². The van der Waals surface area contributed by atoms with E-state index in [2.05, 4.69) is 12.2 Å². The smallest absolute Gasteiger partial charge is 0.250 e. The van der Waals surface area contributed by atoms with Crippen LogP contribution in [0.4, 0.5) is 5.69 Å². The molecule has 2 atom stereocenters. The minimum atomic E-state index is -0.470. The summed E-state index contributed by atoms with van der Waals surface area (Å²) in [6.45, 7) is 7.80. The third kappa shape index (κ3) is 3.09. The van der Waals surface area contributed by atoms with Gasteiger partial charge in [0.25, 0.3) is 0 Å². The van der Waals surface area contributed by atoms with Crippen molar-refractivity contribution in [2.45, 2.75) is 52.6 Å². The zero-order chi connectivity index (χ0) is 15.6. The number of hydrogen-bond acceptors (Lipinski definition) is 2. The summed E-state index contributed by atoms with van der Waals surface area (Å²) in [6, 6.07) is 7.07. The number of nitrogens with one attached hydrogen (secondary N) is 1. The lowest BCUT2D eigenvalue weighted by molar-refractivity contribution is -0.134. The van der Waals surface area contributed by atoms with Gasteiger partial charge in [0, 0.05) is 5.69 Å². The summed E-state index contributed by atoms with van der Waals surface area (Å²) >= 11 is 0. The highest BCUT2D eigenvalue weighted by atomic mass is 16.2. The number of aryl methyl sites for hydroxylation is 1. The number of rotatable bonds is 4. The highest BCUT2D eigenvalue weighted by Gasteiger charge is 2.40. The maximum absolute atomic E-state index is 12.5. The number of amides is 2. The molecule has 0 aromatic heterocycles. The Morgan fingerprint density at radius 2 is 1.81 bits per heavy atom. The van der Waals surface area contributed by atoms with Crippen LogP contribution in [0, 0.1) is 5.92 Å². The van der Waals surface area contributed by atoms with Crippen LogP contribution < -0.4 is 10.2 Å². The molecule has 0 saturated carbocycles. The van der Waals surface area contributed by atoms with Gasteiger partial charge < -0.3 is 5.32 Å². The first-order chi connectivity index (χ1) is 9.95. The molecule has 0 aliphatic carbocycles. The van der Waals surface area contributed by atoms with Gasteiger partial charge >= 0.3 is 0 Å². The molecule has 2 unspecified atom stereocenters. The van der Waals surface area contributed by atoms with Crippen LogP contribution in [0.15, 0.2) is 24.3 Å². The van der Waals surface area contributed by atoms with Crippen molar-refractivity contribution in [2.75, 3.05) is 4.90 Å². The summed E-state index contributed by atoms with van der Waals surface area (Å²) < 4.78 is 0. The summed E-state index contributed by atoms with van der Waals surface area (Å²) in [5, 5.41) is 2.76. The highest BCUT2D eigenvalue weighted by Crippen LogP contribution is 2.26. The molecule has 4 nitrogen and oxygen atoms in total. The molecule has 1 heterocycles. The van der Waals surface area contributed by atoms with Crippen LogP contribution in [-0.2, 0) is 16.0 Å². The predicted octanol–water partition coefficient (Wildman–Crippen LogP) is 2.52. The van der Waals surface area contributed by atoms with Crippen LogP contribution in [0.1, 0.15) is 39.7 Å². The van der Waals surface area contributed by atoms with Gasteiger partial charge in [-0.2, -0.15) is 0 Å². The van der Waals surface area contributed by atoms with Crippen LogP contribution in [-0.4, -0.2) is 23.9 Å². The summed E-state index contributed by atoms with van der Waals surface area (Å²) in [5.41, 5.74) is 2.06. The van der Waals surface area contributed by atoms with Gasteiger partial charge in [-0.15, -0.1) is 0 Å². The van der Waals surface area contributed by atoms with Crippen LogP contribution >= 0.6 is 0 Å². The molecule has 1 aromatic rings. The maximum atomic E-state index is 12.5. The maximum Gasteiger partial charge on any atom is 0.250 e. The van der Waals surface area contributed by atoms with Crippen LogP contribution in [0.25, 0.3) is 0 Å². The molecule has 21 heavy (non-hydrogen) atoms. The Hall–Kier alpha value is -1.84. The van der Waals surface area contributed by atoms with E-state index in [0.29, 0.717) is 0 Å². The standard InChI is InChI=1S/C17H24N2O2/c1-5-6-13-7-9-14(10-8-13)19-15(11(2)3)16(20)18-12(4)17(19)21/h7-12,15H,5-6H2,1-4H3,(H,18,20). The molecule has 0 spiro atoms. The Labute approximate surface area is 126 Å². The second-order valence-electron chi connectivity index (χ2n) is 6.04. The fraction of sp³-hybridized carbons (Fsp3) is 0.529. The van der Waals surface area contributed by atoms with Gasteiger partial charge in [0.2, 0.25) is 11.8 Å². The van der Waals surface area contributed by atoms with Crippen molar-refractivity contribution >= 4 is 17.5 Å². The van der Waals surface area contributed by atoms with E-state index in [-0.39, 0.29) is 17.7 Å². The summed E-state index contributed by atoms with van der Waals surface area (Å²) in [6.07, 6.45) is 2.12. The van der Waals surface area contributed by atoms with E-state index in [4.69, 9.17) is 0 Å². The Balaban J connectivity index is 2.35. The zero-order valence-electron chi connectivity index (χ0n) is 13.2. The first-order valence-electron chi connectivity index (χ1n) is 7.68. The largest absolute Gasteiger partial charge is 0.343 e. The third-order valence-corrected chi connectivity index (χ3v) is 3.90. The van der Waals surface area contributed by atoms with Gasteiger partial charge in [-0.05, 0) is 37.0 Å². The van der Waals surface area contributed by atoms with E-state index in [1.807, 2.05) is 38.1 Å². The molecule has 114 valence electrons. The molecular weight excluding hydrogens is 264 g/mol. The van der Waals surface area contributed by atoms with Crippen molar-refractivity contribution in [2.24, 2.45) is 5.92 Å². The topological polar surface area (TPSA) is 49.4 Å². The molecule has 4 heteroatoms. The van der Waals surface area contributed by atoms with E-state index >= 15 is 0 Å². The van der Waals surface area contributed by atoms with Crippen molar-refractivity contribution in [3.8, 4) is 0 Å². The molecule has 1 aliphatic heterocycles. The lowest BCUT2D eigenvalue weighted by Gasteiger charge is -2.39. The van der Waals surface area contributed by atoms with Gasteiger partial charge in [-0.1, -0.05) is 39.3 Å². The van der Waals surface area contributed by atoms with E-state index in [0.717, 1.165) is 18.5 Å². The lowest BCUT2D eigenvalue weighted by atomic mass is 9.96. The van der Waals surface area contributed by atoms with E-state index < -0.39 is 12.1 Å². The van der Waals surface area contributed by atoms with Gasteiger partial charge in [0.05, 0.1) is 0 Å². The Morgan fingerprint density at radius 1 is 1.19 bits per heavy atom. The molecular formula is C17H24N2O2. The van der Waals surface area contributed by atoms with E-state index in [9.17, 15) is 9.59 Å². The van der Waals surface area contributed by atoms with Crippen LogP contribution in [0.2, 0.25) is 0 Å². The highest BCUT2D eigenvalue weighted by molar-refractivity contribution is 6.08. The number of hydrogen-bond donors (Lipinski definition) is 1. The van der Waals surface area contributed by atoms with Crippen molar-refractivity contribution in [3.05, 3.63) is 29.8 Å². The van der Waals surface area contributed by atoms with Crippen LogP contribution in [0.5, 0.6) is 0 Å². The summed E-state index contributed by atoms with van der Waals surface area (Å²) in [5.74, 6) is -0.0527. The fourth-order valence-corrected chi connectivity index (χ4v) is 2.82. The monoisotopic (exact) mass is 288 g/mol. The molecule has 0 radical (unpaired) electrons. The van der Waals surface area contributed by atoms with Gasteiger partial charge in [-0.25, -0.2) is 0 Å². The number of carbonyl (C=O) groups excluding carboxylic acids is 2. The predicted molar refractivity (Wildman–Crippen MR) is 84.2 cm³/mol.